The number of aliphatic hydroxyl groups excluding tert-OH is 1. The molecule has 0 aliphatic carbocycles. The van der Waals surface area contributed by atoms with Crippen LogP contribution >= 0.6 is 25.1 Å². The van der Waals surface area contributed by atoms with Crippen molar-refractivity contribution < 1.29 is 14.9 Å². The summed E-state index contributed by atoms with van der Waals surface area (Å²) in [6, 6.07) is 14.4. The minimum atomic E-state index is -0.545. The maximum Gasteiger partial charge on any atom is 0.119 e. The number of piperazine rings is 1. The first-order valence-corrected chi connectivity index (χ1v) is 8.81. The summed E-state index contributed by atoms with van der Waals surface area (Å²) in [7, 11) is 0. The summed E-state index contributed by atoms with van der Waals surface area (Å²) in [6.45, 7) is 4.48. The van der Waals surface area contributed by atoms with Gasteiger partial charge in [0.2, 0.25) is 0 Å². The normalized spacial score (nSPS) is 16.0. The molecular weight excluding hydrogens is 372 g/mol. The van der Waals surface area contributed by atoms with E-state index in [-0.39, 0.29) is 25.9 Å². The fourth-order valence-electron chi connectivity index (χ4n) is 2.93. The molecule has 1 fully saturated rings. The predicted octanol–water partition coefficient (Wildman–Crippen LogP) is 2.72. The fourth-order valence-corrected chi connectivity index (χ4v) is 3.05. The van der Waals surface area contributed by atoms with Gasteiger partial charge in [0.05, 0.1) is 0 Å². The molecule has 142 valence electrons. The van der Waals surface area contributed by atoms with Crippen molar-refractivity contribution in [2.45, 2.75) is 6.10 Å². The topological polar surface area (TPSA) is 56.2 Å². The minimum absolute atomic E-state index is 0. The van der Waals surface area contributed by atoms with Crippen LogP contribution in [0.5, 0.6) is 11.5 Å². The van der Waals surface area contributed by atoms with Gasteiger partial charge in [-0.3, -0.25) is 4.90 Å². The van der Waals surface area contributed by atoms with Crippen LogP contribution < -0.4 is 9.64 Å². The molecule has 7 heteroatoms. The number of phenolic OH excluding ortho intramolecular Hbond substituents is 1. The highest BCUT2D eigenvalue weighted by Gasteiger charge is 2.19. The van der Waals surface area contributed by atoms with Crippen LogP contribution in [0.1, 0.15) is 0 Å². The first kappa shape index (κ1) is 20.7. The second-order valence-corrected chi connectivity index (χ2v) is 6.66. The van der Waals surface area contributed by atoms with Gasteiger partial charge in [0.25, 0.3) is 0 Å². The van der Waals surface area contributed by atoms with E-state index < -0.39 is 6.10 Å². The largest absolute Gasteiger partial charge is 0.508 e. The Labute approximate surface area is 166 Å². The number of aliphatic hydroxyl groups is 1. The van der Waals surface area contributed by atoms with Gasteiger partial charge in [-0.05, 0) is 48.5 Å². The van der Waals surface area contributed by atoms with Crippen LogP contribution in [-0.4, -0.2) is 60.5 Å². The van der Waals surface area contributed by atoms with Crippen molar-refractivity contribution in [1.29, 1.82) is 0 Å². The van der Waals surface area contributed by atoms with Gasteiger partial charge < -0.3 is 19.8 Å². The number of anilines is 1. The quantitative estimate of drug-likeness (QED) is 0.786. The molecule has 0 spiro atoms. The summed E-state index contributed by atoms with van der Waals surface area (Å²) in [5, 5.41) is 20.2. The van der Waals surface area contributed by atoms with Crippen LogP contribution in [0.25, 0.3) is 0 Å². The molecule has 0 radical (unpaired) electrons. The number of phenols is 1. The van der Waals surface area contributed by atoms with E-state index in [1.165, 1.54) is 5.69 Å². The smallest absolute Gasteiger partial charge is 0.119 e. The molecule has 3 rings (SSSR count). The monoisotopic (exact) mass is 396 g/mol. The van der Waals surface area contributed by atoms with Gasteiger partial charge in [0.15, 0.2) is 0 Å². The van der Waals surface area contributed by atoms with E-state index >= 15 is 0 Å². The maximum absolute atomic E-state index is 10.2. The van der Waals surface area contributed by atoms with E-state index in [1.54, 1.807) is 24.3 Å². The zero-order valence-corrected chi connectivity index (χ0v) is 16.3. The molecular formula is C19H25ClN2O3S. The molecule has 2 N–H and O–H groups in total. The molecule has 5 nitrogen and oxygen atoms in total. The number of aromatic hydroxyl groups is 1. The molecule has 1 aliphatic heterocycles. The molecule has 2 aromatic rings. The standard InChI is InChI=1S/C19H23ClN2O3.H2S/c20-15-1-3-16(4-2-15)22-11-9-21(10-12-22)13-18(24)14-25-19-7-5-17(23)6-8-19;/h1-8,18,23-24H,9-14H2;1H2/t18-;/m0./s1. The Morgan fingerprint density at radius 1 is 0.962 bits per heavy atom. The lowest BCUT2D eigenvalue weighted by Gasteiger charge is -2.36. The van der Waals surface area contributed by atoms with Crippen LogP contribution in [0.2, 0.25) is 5.02 Å². The molecule has 0 unspecified atom stereocenters. The van der Waals surface area contributed by atoms with Gasteiger partial charge in [-0.15, -0.1) is 0 Å². The number of benzene rings is 2. The van der Waals surface area contributed by atoms with Crippen molar-refractivity contribution in [3.05, 3.63) is 53.6 Å². The van der Waals surface area contributed by atoms with Gasteiger partial charge in [-0.2, -0.15) is 13.5 Å². The van der Waals surface area contributed by atoms with Crippen LogP contribution in [0, 0.1) is 0 Å². The highest BCUT2D eigenvalue weighted by Crippen LogP contribution is 2.20. The predicted molar refractivity (Wildman–Crippen MR) is 110 cm³/mol. The number of β-amino-alcohol motifs (C(OH)–C–C–N with tert-alkyl or cyclic N) is 1. The summed E-state index contributed by atoms with van der Waals surface area (Å²) in [6.07, 6.45) is -0.545. The maximum atomic E-state index is 10.2. The summed E-state index contributed by atoms with van der Waals surface area (Å²) in [5.41, 5.74) is 1.18. The van der Waals surface area contributed by atoms with E-state index in [9.17, 15) is 10.2 Å². The van der Waals surface area contributed by atoms with E-state index in [0.717, 1.165) is 31.2 Å². The zero-order chi connectivity index (χ0) is 17.6. The molecule has 0 bridgehead atoms. The number of rotatable bonds is 6. The van der Waals surface area contributed by atoms with E-state index in [1.807, 2.05) is 24.3 Å². The molecule has 0 saturated carbocycles. The summed E-state index contributed by atoms with van der Waals surface area (Å²) < 4.78 is 5.56. The number of nitrogens with zero attached hydrogens (tertiary/aromatic N) is 2. The van der Waals surface area contributed by atoms with Crippen molar-refractivity contribution in [3.63, 3.8) is 0 Å². The van der Waals surface area contributed by atoms with Crippen LogP contribution in [0.15, 0.2) is 48.5 Å². The second kappa shape index (κ2) is 9.92. The van der Waals surface area contributed by atoms with Gasteiger partial charge in [0.1, 0.15) is 24.2 Å². The minimum Gasteiger partial charge on any atom is -0.508 e. The van der Waals surface area contributed by atoms with Crippen LogP contribution in [0.4, 0.5) is 5.69 Å². The number of ether oxygens (including phenoxy) is 1. The molecule has 1 heterocycles. The Kier molecular flexibility index (Phi) is 7.90. The fraction of sp³-hybridized carbons (Fsp3) is 0.368. The Morgan fingerprint density at radius 2 is 1.58 bits per heavy atom. The molecule has 0 aromatic heterocycles. The third kappa shape index (κ3) is 5.99. The van der Waals surface area contributed by atoms with E-state index in [0.29, 0.717) is 12.3 Å². The van der Waals surface area contributed by atoms with Gasteiger partial charge >= 0.3 is 0 Å². The lowest BCUT2D eigenvalue weighted by Crippen LogP contribution is -2.49. The van der Waals surface area contributed by atoms with Gasteiger partial charge in [-0.25, -0.2) is 0 Å². The third-order valence-electron chi connectivity index (χ3n) is 4.31. The van der Waals surface area contributed by atoms with Gasteiger partial charge in [0, 0.05) is 43.4 Å². The summed E-state index contributed by atoms with van der Waals surface area (Å²) >= 11 is 5.93. The first-order chi connectivity index (χ1) is 12.1. The molecule has 1 atom stereocenters. The van der Waals surface area contributed by atoms with Crippen molar-refractivity contribution in [3.8, 4) is 11.5 Å². The number of hydrogen-bond acceptors (Lipinski definition) is 5. The lowest BCUT2D eigenvalue weighted by molar-refractivity contribution is 0.0663. The molecule has 2 aromatic carbocycles. The van der Waals surface area contributed by atoms with Crippen molar-refractivity contribution in [1.82, 2.24) is 4.90 Å². The lowest BCUT2D eigenvalue weighted by atomic mass is 10.2. The first-order valence-electron chi connectivity index (χ1n) is 8.43. The average Bonchev–Trinajstić information content (AvgIpc) is 2.63. The Morgan fingerprint density at radius 3 is 2.19 bits per heavy atom. The van der Waals surface area contributed by atoms with E-state index in [4.69, 9.17) is 16.3 Å². The summed E-state index contributed by atoms with van der Waals surface area (Å²) in [5.74, 6) is 0.843. The summed E-state index contributed by atoms with van der Waals surface area (Å²) in [4.78, 5) is 4.57. The highest BCUT2D eigenvalue weighted by atomic mass is 35.5. The highest BCUT2D eigenvalue weighted by molar-refractivity contribution is 7.59. The van der Waals surface area contributed by atoms with E-state index in [2.05, 4.69) is 9.80 Å². The number of halogens is 1. The molecule has 26 heavy (non-hydrogen) atoms. The molecule has 1 aliphatic rings. The Balaban J connectivity index is 0.00000243. The Bertz CT molecular complexity index is 661. The molecule has 0 amide bonds. The third-order valence-corrected chi connectivity index (χ3v) is 4.56. The zero-order valence-electron chi connectivity index (χ0n) is 14.5. The number of hydrogen-bond donors (Lipinski definition) is 2. The van der Waals surface area contributed by atoms with Crippen molar-refractivity contribution >= 4 is 30.8 Å². The van der Waals surface area contributed by atoms with Gasteiger partial charge in [-0.1, -0.05) is 11.6 Å². The second-order valence-electron chi connectivity index (χ2n) is 6.22. The Hall–Kier alpha value is -1.60. The van der Waals surface area contributed by atoms with Crippen molar-refractivity contribution in [2.24, 2.45) is 0 Å². The van der Waals surface area contributed by atoms with Crippen LogP contribution in [0.3, 0.4) is 0 Å². The molecule has 1 saturated heterocycles. The SMILES string of the molecule is Oc1ccc(OC[C@@H](O)CN2CCN(c3ccc(Cl)cc3)CC2)cc1.S. The van der Waals surface area contributed by atoms with Crippen LogP contribution in [-0.2, 0) is 0 Å². The average molecular weight is 397 g/mol. The van der Waals surface area contributed by atoms with Crippen molar-refractivity contribution in [2.75, 3.05) is 44.2 Å².